The van der Waals surface area contributed by atoms with Gasteiger partial charge in [0.15, 0.2) is 6.10 Å². The molecular formula is C19H25NO5. The monoisotopic (exact) mass is 347 g/mol. The molecule has 6 heteroatoms. The van der Waals surface area contributed by atoms with Gasteiger partial charge in [0.25, 0.3) is 11.8 Å². The number of ether oxygens (including phenoxy) is 2. The lowest BCUT2D eigenvalue weighted by molar-refractivity contribution is -0.159. The van der Waals surface area contributed by atoms with Crippen molar-refractivity contribution in [3.05, 3.63) is 35.4 Å². The van der Waals surface area contributed by atoms with Crippen molar-refractivity contribution in [3.8, 4) is 0 Å². The zero-order chi connectivity index (χ0) is 18.6. The van der Waals surface area contributed by atoms with Crippen LogP contribution in [0.3, 0.4) is 0 Å². The number of esters is 1. The summed E-state index contributed by atoms with van der Waals surface area (Å²) in [6, 6.07) is 6.74. The van der Waals surface area contributed by atoms with Crippen LogP contribution < -0.4 is 0 Å². The van der Waals surface area contributed by atoms with Crippen molar-refractivity contribution >= 4 is 17.8 Å². The minimum atomic E-state index is -0.883. The first kappa shape index (κ1) is 19.1. The molecule has 0 saturated carbocycles. The summed E-state index contributed by atoms with van der Waals surface area (Å²) in [6.45, 7) is 7.64. The topological polar surface area (TPSA) is 72.9 Å². The van der Waals surface area contributed by atoms with Crippen LogP contribution in [0, 0.1) is 0 Å². The molecular weight excluding hydrogens is 322 g/mol. The molecule has 0 N–H and O–H groups in total. The number of carbonyl (C=O) groups excluding carboxylic acids is 3. The molecule has 1 aliphatic rings. The fraction of sp³-hybridized carbons (Fsp3) is 0.526. The Hall–Kier alpha value is -2.21. The number of rotatable bonds is 8. The Morgan fingerprint density at radius 1 is 1.12 bits per heavy atom. The van der Waals surface area contributed by atoms with Gasteiger partial charge in [-0.2, -0.15) is 0 Å². The Labute approximate surface area is 148 Å². The highest BCUT2D eigenvalue weighted by molar-refractivity contribution is 6.21. The molecule has 6 nitrogen and oxygen atoms in total. The van der Waals surface area contributed by atoms with Crippen molar-refractivity contribution in [2.75, 3.05) is 13.2 Å². The summed E-state index contributed by atoms with van der Waals surface area (Å²) in [5.74, 6) is -1.09. The van der Waals surface area contributed by atoms with Gasteiger partial charge in [-0.3, -0.25) is 14.5 Å². The van der Waals surface area contributed by atoms with Crippen LogP contribution in [0.15, 0.2) is 24.3 Å². The number of imide groups is 1. The largest absolute Gasteiger partial charge is 0.464 e. The first-order chi connectivity index (χ1) is 11.8. The molecule has 1 aliphatic heterocycles. The van der Waals surface area contributed by atoms with Gasteiger partial charge >= 0.3 is 5.97 Å². The molecule has 1 aromatic carbocycles. The highest BCUT2D eigenvalue weighted by Gasteiger charge is 2.44. The van der Waals surface area contributed by atoms with Crippen LogP contribution in [0.25, 0.3) is 0 Å². The van der Waals surface area contributed by atoms with Crippen LogP contribution in [0.4, 0.5) is 0 Å². The third-order valence-electron chi connectivity index (χ3n) is 4.12. The SMILES string of the molecule is CCCOC(=O)C(CC)OCC(C)(C)N1C(=O)c2ccccc2C1=O. The summed E-state index contributed by atoms with van der Waals surface area (Å²) in [7, 11) is 0. The van der Waals surface area contributed by atoms with E-state index < -0.39 is 17.6 Å². The first-order valence-electron chi connectivity index (χ1n) is 8.59. The predicted octanol–water partition coefficient (Wildman–Crippen LogP) is 2.81. The smallest absolute Gasteiger partial charge is 0.335 e. The lowest BCUT2D eigenvalue weighted by atomic mass is 10.0. The van der Waals surface area contributed by atoms with Gasteiger partial charge < -0.3 is 9.47 Å². The second-order valence-electron chi connectivity index (χ2n) is 6.68. The van der Waals surface area contributed by atoms with Gasteiger partial charge in [-0.25, -0.2) is 4.79 Å². The fourth-order valence-electron chi connectivity index (χ4n) is 2.76. The maximum Gasteiger partial charge on any atom is 0.335 e. The Morgan fingerprint density at radius 2 is 1.68 bits per heavy atom. The Kier molecular flexibility index (Phi) is 5.95. The maximum atomic E-state index is 12.6. The Bertz CT molecular complexity index is 633. The number of fused-ring (bicyclic) bond motifs is 1. The van der Waals surface area contributed by atoms with Crippen LogP contribution in [0.1, 0.15) is 61.3 Å². The summed E-state index contributed by atoms with van der Waals surface area (Å²) < 4.78 is 10.8. The summed E-state index contributed by atoms with van der Waals surface area (Å²) in [5.41, 5.74) is -0.0870. The highest BCUT2D eigenvalue weighted by Crippen LogP contribution is 2.29. The van der Waals surface area contributed by atoms with E-state index in [-0.39, 0.29) is 18.4 Å². The lowest BCUT2D eigenvalue weighted by Gasteiger charge is -2.34. The summed E-state index contributed by atoms with van der Waals surface area (Å²) >= 11 is 0. The highest BCUT2D eigenvalue weighted by atomic mass is 16.6. The molecule has 1 unspecified atom stereocenters. The van der Waals surface area contributed by atoms with Crippen LogP contribution in [0.5, 0.6) is 0 Å². The number of hydrogen-bond donors (Lipinski definition) is 0. The van der Waals surface area contributed by atoms with Gasteiger partial charge in [0.05, 0.1) is 29.9 Å². The standard InChI is InChI=1S/C19H25NO5/c1-5-11-24-18(23)15(6-2)25-12-19(3,4)20-16(21)13-9-7-8-10-14(13)17(20)22/h7-10,15H,5-6,11-12H2,1-4H3. The zero-order valence-corrected chi connectivity index (χ0v) is 15.2. The molecule has 1 aromatic rings. The van der Waals surface area contributed by atoms with E-state index in [2.05, 4.69) is 0 Å². The molecule has 0 aromatic heterocycles. The van der Waals surface area contributed by atoms with E-state index in [1.54, 1.807) is 38.1 Å². The van der Waals surface area contributed by atoms with Gasteiger partial charge in [0.1, 0.15) is 0 Å². The van der Waals surface area contributed by atoms with E-state index >= 15 is 0 Å². The summed E-state index contributed by atoms with van der Waals surface area (Å²) in [5, 5.41) is 0. The van der Waals surface area contributed by atoms with E-state index in [0.717, 1.165) is 6.42 Å². The van der Waals surface area contributed by atoms with E-state index in [1.807, 2.05) is 13.8 Å². The van der Waals surface area contributed by atoms with Gasteiger partial charge in [-0.1, -0.05) is 26.0 Å². The molecule has 2 amide bonds. The van der Waals surface area contributed by atoms with Crippen LogP contribution in [-0.4, -0.2) is 47.5 Å². The third-order valence-corrected chi connectivity index (χ3v) is 4.12. The van der Waals surface area contributed by atoms with Crippen LogP contribution in [0.2, 0.25) is 0 Å². The van der Waals surface area contributed by atoms with Crippen molar-refractivity contribution in [1.82, 2.24) is 4.90 Å². The molecule has 2 rings (SSSR count). The summed E-state index contributed by atoms with van der Waals surface area (Å²) in [4.78, 5) is 38.4. The number of carbonyl (C=O) groups is 3. The minimum absolute atomic E-state index is 0.0538. The number of hydrogen-bond acceptors (Lipinski definition) is 5. The lowest BCUT2D eigenvalue weighted by Crippen LogP contribution is -2.51. The molecule has 0 aliphatic carbocycles. The van der Waals surface area contributed by atoms with Crippen LogP contribution in [-0.2, 0) is 14.3 Å². The maximum absolute atomic E-state index is 12.6. The molecule has 1 atom stereocenters. The number of amides is 2. The van der Waals surface area contributed by atoms with Crippen molar-refractivity contribution in [3.63, 3.8) is 0 Å². The average Bonchev–Trinajstić information content (AvgIpc) is 2.85. The van der Waals surface area contributed by atoms with E-state index in [0.29, 0.717) is 24.2 Å². The summed E-state index contributed by atoms with van der Waals surface area (Å²) in [6.07, 6.45) is 0.490. The molecule has 136 valence electrons. The predicted molar refractivity (Wildman–Crippen MR) is 92.3 cm³/mol. The molecule has 0 bridgehead atoms. The van der Waals surface area contributed by atoms with Crippen molar-refractivity contribution in [2.24, 2.45) is 0 Å². The first-order valence-corrected chi connectivity index (χ1v) is 8.59. The minimum Gasteiger partial charge on any atom is -0.464 e. The molecule has 0 fully saturated rings. The van der Waals surface area contributed by atoms with Crippen molar-refractivity contribution in [1.29, 1.82) is 0 Å². The fourth-order valence-corrected chi connectivity index (χ4v) is 2.76. The number of nitrogens with zero attached hydrogens (tertiary/aromatic N) is 1. The second-order valence-corrected chi connectivity index (χ2v) is 6.68. The van der Waals surface area contributed by atoms with Gasteiger partial charge in [-0.05, 0) is 38.8 Å². The number of benzene rings is 1. The molecule has 1 heterocycles. The van der Waals surface area contributed by atoms with Gasteiger partial charge in [-0.15, -0.1) is 0 Å². The normalized spacial score (nSPS) is 15.3. The van der Waals surface area contributed by atoms with Crippen LogP contribution >= 0.6 is 0 Å². The van der Waals surface area contributed by atoms with Gasteiger partial charge in [0.2, 0.25) is 0 Å². The molecule has 0 saturated heterocycles. The van der Waals surface area contributed by atoms with E-state index in [1.165, 1.54) is 4.90 Å². The van der Waals surface area contributed by atoms with Crippen molar-refractivity contribution in [2.45, 2.75) is 52.2 Å². The molecule has 25 heavy (non-hydrogen) atoms. The second kappa shape index (κ2) is 7.78. The average molecular weight is 347 g/mol. The zero-order valence-electron chi connectivity index (χ0n) is 15.2. The quantitative estimate of drug-likeness (QED) is 0.534. The van der Waals surface area contributed by atoms with Crippen molar-refractivity contribution < 1.29 is 23.9 Å². The van der Waals surface area contributed by atoms with Gasteiger partial charge in [0, 0.05) is 0 Å². The Morgan fingerprint density at radius 3 is 2.16 bits per heavy atom. The molecule has 0 radical (unpaired) electrons. The van der Waals surface area contributed by atoms with E-state index in [9.17, 15) is 14.4 Å². The third kappa shape index (κ3) is 3.90. The molecule has 0 spiro atoms. The Balaban J connectivity index is 2.08. The van der Waals surface area contributed by atoms with E-state index in [4.69, 9.17) is 9.47 Å².